The number of benzene rings is 1. The van der Waals surface area contributed by atoms with Crippen LogP contribution in [0.1, 0.15) is 74.8 Å². The summed E-state index contributed by atoms with van der Waals surface area (Å²) >= 11 is 0. The van der Waals surface area contributed by atoms with E-state index in [2.05, 4.69) is 0 Å². The topological polar surface area (TPSA) is 23.8 Å². The number of rotatable bonds is 4. The molecule has 2 aliphatic rings. The summed E-state index contributed by atoms with van der Waals surface area (Å²) in [7, 11) is 0. The van der Waals surface area contributed by atoms with Crippen molar-refractivity contribution in [2.75, 3.05) is 0 Å². The van der Waals surface area contributed by atoms with E-state index in [0.29, 0.717) is 18.2 Å². The van der Waals surface area contributed by atoms with Crippen LogP contribution in [0.3, 0.4) is 0 Å². The smallest absolute Gasteiger partial charge is 0.141 e. The van der Waals surface area contributed by atoms with Gasteiger partial charge in [0.2, 0.25) is 0 Å². The van der Waals surface area contributed by atoms with Crippen LogP contribution in [0.25, 0.3) is 0 Å². The second-order valence-corrected chi connectivity index (χ2v) is 7.84. The zero-order chi connectivity index (χ0) is 17.6. The molecule has 1 nitrogen and oxygen atoms in total. The first-order valence-corrected chi connectivity index (χ1v) is 9.66. The molecular formula is C22H27F2N. The fraction of sp³-hybridized carbons (Fsp3) is 0.591. The number of hydrogen-bond donors (Lipinski definition) is 0. The third kappa shape index (κ3) is 4.48. The lowest BCUT2D eigenvalue weighted by Crippen LogP contribution is -2.25. The molecule has 0 heterocycles. The van der Waals surface area contributed by atoms with Crippen LogP contribution in [0.4, 0.5) is 8.78 Å². The monoisotopic (exact) mass is 343 g/mol. The Morgan fingerprint density at radius 2 is 1.64 bits per heavy atom. The lowest BCUT2D eigenvalue weighted by Gasteiger charge is -2.38. The second-order valence-electron chi connectivity index (χ2n) is 7.84. The Kier molecular flexibility index (Phi) is 6.24. The fourth-order valence-corrected chi connectivity index (χ4v) is 4.94. The summed E-state index contributed by atoms with van der Waals surface area (Å²) in [6, 6.07) is 7.00. The van der Waals surface area contributed by atoms with E-state index in [4.69, 9.17) is 5.26 Å². The lowest BCUT2D eigenvalue weighted by molar-refractivity contribution is 0.160. The molecule has 0 atom stereocenters. The first-order valence-electron chi connectivity index (χ1n) is 9.66. The van der Waals surface area contributed by atoms with Gasteiger partial charge in [-0.3, -0.25) is 0 Å². The standard InChI is InChI=1S/C22H27F2N/c23-13-1-2-16-3-5-17(6-4-16)18-7-9-19(10-8-18)20-11-12-21(15-25)22(24)14-20/h1,11-14,16-19H,2-10H2. The molecule has 0 saturated heterocycles. The zero-order valence-electron chi connectivity index (χ0n) is 14.8. The Morgan fingerprint density at radius 1 is 1.00 bits per heavy atom. The quantitative estimate of drug-likeness (QED) is 0.600. The maximum absolute atomic E-state index is 13.8. The van der Waals surface area contributed by atoms with E-state index in [1.54, 1.807) is 18.2 Å². The maximum Gasteiger partial charge on any atom is 0.141 e. The first kappa shape index (κ1) is 18.1. The molecule has 134 valence electrons. The van der Waals surface area contributed by atoms with Crippen LogP contribution in [0.5, 0.6) is 0 Å². The molecule has 1 aromatic carbocycles. The molecule has 25 heavy (non-hydrogen) atoms. The Balaban J connectivity index is 1.49. The predicted octanol–water partition coefficient (Wildman–Crippen LogP) is 6.65. The van der Waals surface area contributed by atoms with E-state index in [9.17, 15) is 8.78 Å². The number of hydrogen-bond acceptors (Lipinski definition) is 1. The molecule has 0 N–H and O–H groups in total. The summed E-state index contributed by atoms with van der Waals surface area (Å²) < 4.78 is 26.0. The number of nitriles is 1. The van der Waals surface area contributed by atoms with Crippen molar-refractivity contribution in [3.8, 4) is 6.07 Å². The van der Waals surface area contributed by atoms with E-state index < -0.39 is 0 Å². The Hall–Kier alpha value is -1.69. The Morgan fingerprint density at radius 3 is 2.20 bits per heavy atom. The van der Waals surface area contributed by atoms with E-state index >= 15 is 0 Å². The molecular weight excluding hydrogens is 316 g/mol. The molecule has 0 bridgehead atoms. The van der Waals surface area contributed by atoms with E-state index in [0.717, 1.165) is 36.7 Å². The van der Waals surface area contributed by atoms with Crippen molar-refractivity contribution in [2.24, 2.45) is 17.8 Å². The van der Waals surface area contributed by atoms with Gasteiger partial charge in [-0.05, 0) is 99.2 Å². The summed E-state index contributed by atoms with van der Waals surface area (Å²) in [6.45, 7) is 0. The molecule has 0 aliphatic heterocycles. The number of nitrogens with zero attached hydrogens (tertiary/aromatic N) is 1. The van der Waals surface area contributed by atoms with Crippen molar-refractivity contribution in [1.29, 1.82) is 5.26 Å². The normalized spacial score (nSPS) is 30.3. The van der Waals surface area contributed by atoms with Gasteiger partial charge in [0.15, 0.2) is 0 Å². The molecule has 0 spiro atoms. The van der Waals surface area contributed by atoms with Crippen LogP contribution >= 0.6 is 0 Å². The van der Waals surface area contributed by atoms with Crippen LogP contribution in [0.15, 0.2) is 30.6 Å². The van der Waals surface area contributed by atoms with Gasteiger partial charge in [-0.25, -0.2) is 8.78 Å². The van der Waals surface area contributed by atoms with Gasteiger partial charge in [0.25, 0.3) is 0 Å². The Bertz CT molecular complexity index is 630. The third-order valence-electron chi connectivity index (χ3n) is 6.47. The van der Waals surface area contributed by atoms with E-state index in [1.165, 1.54) is 38.5 Å². The number of halogens is 2. The third-order valence-corrected chi connectivity index (χ3v) is 6.47. The minimum atomic E-state index is -0.386. The van der Waals surface area contributed by atoms with Crippen LogP contribution in [0.2, 0.25) is 0 Å². The highest BCUT2D eigenvalue weighted by Crippen LogP contribution is 2.44. The van der Waals surface area contributed by atoms with Gasteiger partial charge in [0.05, 0.1) is 11.9 Å². The van der Waals surface area contributed by atoms with Gasteiger partial charge in [-0.15, -0.1) is 0 Å². The van der Waals surface area contributed by atoms with Gasteiger partial charge in [-0.1, -0.05) is 12.1 Å². The summed E-state index contributed by atoms with van der Waals surface area (Å²) in [5.41, 5.74) is 1.19. The van der Waals surface area contributed by atoms with Crippen molar-refractivity contribution in [3.05, 3.63) is 47.5 Å². The highest BCUT2D eigenvalue weighted by Gasteiger charge is 2.31. The Labute approximate surface area is 149 Å². The molecule has 1 aromatic rings. The molecule has 0 amide bonds. The minimum Gasteiger partial charge on any atom is -0.216 e. The number of allylic oxidation sites excluding steroid dienone is 1. The lowest BCUT2D eigenvalue weighted by atomic mass is 9.68. The maximum atomic E-state index is 13.8. The van der Waals surface area contributed by atoms with Gasteiger partial charge in [-0.2, -0.15) is 5.26 Å². The highest BCUT2D eigenvalue weighted by molar-refractivity contribution is 5.34. The minimum absolute atomic E-state index is 0.136. The zero-order valence-corrected chi connectivity index (χ0v) is 14.8. The molecule has 0 aromatic heterocycles. The predicted molar refractivity (Wildman–Crippen MR) is 96.1 cm³/mol. The highest BCUT2D eigenvalue weighted by atomic mass is 19.1. The van der Waals surface area contributed by atoms with Crippen molar-refractivity contribution < 1.29 is 8.78 Å². The summed E-state index contributed by atoms with van der Waals surface area (Å²) in [6.07, 6.45) is 13.0. The van der Waals surface area contributed by atoms with Gasteiger partial charge in [0, 0.05) is 0 Å². The molecule has 2 saturated carbocycles. The fourth-order valence-electron chi connectivity index (χ4n) is 4.94. The van der Waals surface area contributed by atoms with Crippen LogP contribution < -0.4 is 0 Å². The van der Waals surface area contributed by atoms with Crippen molar-refractivity contribution in [3.63, 3.8) is 0 Å². The van der Waals surface area contributed by atoms with E-state index in [-0.39, 0.29) is 11.4 Å². The van der Waals surface area contributed by atoms with Crippen molar-refractivity contribution in [2.45, 2.75) is 63.7 Å². The van der Waals surface area contributed by atoms with Gasteiger partial charge < -0.3 is 0 Å². The van der Waals surface area contributed by atoms with Crippen LogP contribution in [-0.2, 0) is 0 Å². The molecule has 3 heteroatoms. The summed E-state index contributed by atoms with van der Waals surface area (Å²) in [4.78, 5) is 0. The van der Waals surface area contributed by atoms with Gasteiger partial charge >= 0.3 is 0 Å². The first-order chi connectivity index (χ1) is 12.2. The van der Waals surface area contributed by atoms with Crippen molar-refractivity contribution >= 4 is 0 Å². The van der Waals surface area contributed by atoms with E-state index in [1.807, 2.05) is 12.1 Å². The molecule has 2 fully saturated rings. The largest absolute Gasteiger partial charge is 0.216 e. The van der Waals surface area contributed by atoms with Crippen LogP contribution in [-0.4, -0.2) is 0 Å². The SMILES string of the molecule is N#Cc1ccc(C2CCC(C3CCC(CC=CF)CC3)CC2)cc1F. The molecule has 0 radical (unpaired) electrons. The average molecular weight is 343 g/mol. The van der Waals surface area contributed by atoms with Crippen molar-refractivity contribution in [1.82, 2.24) is 0 Å². The average Bonchev–Trinajstić information content (AvgIpc) is 2.67. The molecule has 3 rings (SSSR count). The summed E-state index contributed by atoms with van der Waals surface area (Å²) in [5.74, 6) is 2.34. The van der Waals surface area contributed by atoms with Crippen LogP contribution in [0, 0.1) is 34.9 Å². The summed E-state index contributed by atoms with van der Waals surface area (Å²) in [5, 5.41) is 8.85. The molecule has 0 unspecified atom stereocenters. The van der Waals surface area contributed by atoms with Gasteiger partial charge in [0.1, 0.15) is 11.9 Å². The second kappa shape index (κ2) is 8.61. The molecule has 2 aliphatic carbocycles.